The number of amides is 1. The third kappa shape index (κ3) is 6.04. The number of nitrogens with one attached hydrogen (secondary N) is 1. The van der Waals surface area contributed by atoms with Crippen LogP contribution >= 0.6 is 0 Å². The molecule has 25 heavy (non-hydrogen) atoms. The van der Waals surface area contributed by atoms with Crippen molar-refractivity contribution in [3.8, 4) is 0 Å². The Kier molecular flexibility index (Phi) is 7.16. The van der Waals surface area contributed by atoms with Gasteiger partial charge in [0.25, 0.3) is 5.91 Å². The molecule has 0 aliphatic rings. The van der Waals surface area contributed by atoms with Crippen LogP contribution in [0, 0.1) is 0 Å². The predicted molar refractivity (Wildman–Crippen MR) is 95.1 cm³/mol. The number of carbonyl (C=O) groups excluding carboxylic acids is 1. The lowest BCUT2D eigenvalue weighted by atomic mass is 10.0. The van der Waals surface area contributed by atoms with Crippen molar-refractivity contribution in [2.24, 2.45) is 0 Å². The van der Waals surface area contributed by atoms with E-state index in [9.17, 15) is 9.59 Å². The minimum atomic E-state index is -0.876. The Morgan fingerprint density at radius 3 is 2.20 bits per heavy atom. The number of carbonyl (C=O) groups is 2. The lowest BCUT2D eigenvalue weighted by Crippen LogP contribution is -2.40. The molecular weight excluding hydrogens is 318 g/mol. The molecule has 132 valence electrons. The maximum Gasteiger partial charge on any atom is 0.303 e. The van der Waals surface area contributed by atoms with Crippen LogP contribution in [0.5, 0.6) is 0 Å². The van der Waals surface area contributed by atoms with Crippen LogP contribution in [0.2, 0.25) is 0 Å². The molecule has 2 aromatic rings. The van der Waals surface area contributed by atoms with Gasteiger partial charge in [-0.25, -0.2) is 0 Å². The van der Waals surface area contributed by atoms with E-state index in [2.05, 4.69) is 5.32 Å². The van der Waals surface area contributed by atoms with Crippen molar-refractivity contribution < 1.29 is 19.4 Å². The Labute approximate surface area is 147 Å². The SMILES string of the molecule is COC(C(=O)NC(CCC(=O)O)Cc1ccccc1)c1ccccc1. The Morgan fingerprint density at radius 2 is 1.64 bits per heavy atom. The Hall–Kier alpha value is -2.66. The molecule has 5 nitrogen and oxygen atoms in total. The Bertz CT molecular complexity index is 673. The highest BCUT2D eigenvalue weighted by Gasteiger charge is 2.23. The zero-order valence-corrected chi connectivity index (χ0v) is 14.2. The van der Waals surface area contributed by atoms with E-state index in [1.165, 1.54) is 7.11 Å². The number of carboxylic acids is 1. The zero-order valence-electron chi connectivity index (χ0n) is 14.2. The molecule has 0 radical (unpaired) electrons. The Morgan fingerprint density at radius 1 is 1.04 bits per heavy atom. The van der Waals surface area contributed by atoms with Gasteiger partial charge in [-0.2, -0.15) is 0 Å². The van der Waals surface area contributed by atoms with Crippen LogP contribution in [-0.4, -0.2) is 30.1 Å². The summed E-state index contributed by atoms with van der Waals surface area (Å²) in [6.45, 7) is 0. The molecule has 0 heterocycles. The second-order valence-corrected chi connectivity index (χ2v) is 5.85. The molecule has 2 atom stereocenters. The van der Waals surface area contributed by atoms with Crippen LogP contribution in [0.25, 0.3) is 0 Å². The highest BCUT2D eigenvalue weighted by molar-refractivity contribution is 5.82. The first kappa shape index (κ1) is 18.7. The van der Waals surface area contributed by atoms with E-state index < -0.39 is 12.1 Å². The van der Waals surface area contributed by atoms with Gasteiger partial charge in [-0.3, -0.25) is 9.59 Å². The molecule has 0 saturated heterocycles. The van der Waals surface area contributed by atoms with Crippen LogP contribution in [0.3, 0.4) is 0 Å². The summed E-state index contributed by atoms with van der Waals surface area (Å²) in [4.78, 5) is 23.6. The van der Waals surface area contributed by atoms with E-state index in [-0.39, 0.29) is 18.4 Å². The first-order chi connectivity index (χ1) is 12.1. The summed E-state index contributed by atoms with van der Waals surface area (Å²) < 4.78 is 5.35. The average Bonchev–Trinajstić information content (AvgIpc) is 2.62. The fraction of sp³-hybridized carbons (Fsp3) is 0.300. The predicted octanol–water partition coefficient (Wildman–Crippen LogP) is 2.97. The quantitative estimate of drug-likeness (QED) is 0.735. The van der Waals surface area contributed by atoms with Gasteiger partial charge in [-0.15, -0.1) is 0 Å². The molecule has 0 aliphatic carbocycles. The first-order valence-electron chi connectivity index (χ1n) is 8.24. The van der Waals surface area contributed by atoms with Gasteiger partial charge in [0.15, 0.2) is 6.10 Å². The number of rotatable bonds is 9. The van der Waals surface area contributed by atoms with Crippen molar-refractivity contribution in [1.82, 2.24) is 5.32 Å². The van der Waals surface area contributed by atoms with E-state index in [1.807, 2.05) is 60.7 Å². The topological polar surface area (TPSA) is 75.6 Å². The molecule has 5 heteroatoms. The van der Waals surface area contributed by atoms with Gasteiger partial charge >= 0.3 is 5.97 Å². The van der Waals surface area contributed by atoms with E-state index in [1.54, 1.807) is 0 Å². The summed E-state index contributed by atoms with van der Waals surface area (Å²) in [6, 6.07) is 18.7. The van der Waals surface area contributed by atoms with Crippen molar-refractivity contribution in [3.05, 3.63) is 71.8 Å². The Balaban J connectivity index is 2.08. The highest BCUT2D eigenvalue weighted by atomic mass is 16.5. The van der Waals surface area contributed by atoms with E-state index in [0.29, 0.717) is 12.8 Å². The molecule has 2 N–H and O–H groups in total. The summed E-state index contributed by atoms with van der Waals surface area (Å²) in [7, 11) is 1.49. The van der Waals surface area contributed by atoms with Crippen LogP contribution in [0.1, 0.15) is 30.1 Å². The molecule has 0 aliphatic heterocycles. The maximum atomic E-state index is 12.6. The second-order valence-electron chi connectivity index (χ2n) is 5.85. The normalized spacial score (nSPS) is 13.0. The highest BCUT2D eigenvalue weighted by Crippen LogP contribution is 2.17. The van der Waals surface area contributed by atoms with Crippen molar-refractivity contribution >= 4 is 11.9 Å². The summed E-state index contributed by atoms with van der Waals surface area (Å²) >= 11 is 0. The summed E-state index contributed by atoms with van der Waals surface area (Å²) in [5.41, 5.74) is 1.81. The number of ether oxygens (including phenoxy) is 1. The van der Waals surface area contributed by atoms with Gasteiger partial charge < -0.3 is 15.2 Å². The second kappa shape index (κ2) is 9.59. The standard InChI is InChI=1S/C20H23NO4/c1-25-19(16-10-6-3-7-11-16)20(24)21-17(12-13-18(22)23)14-15-8-4-2-5-9-15/h2-11,17,19H,12-14H2,1H3,(H,21,24)(H,22,23). The minimum Gasteiger partial charge on any atom is -0.481 e. The molecule has 0 saturated carbocycles. The lowest BCUT2D eigenvalue weighted by Gasteiger charge is -2.22. The van der Waals surface area contributed by atoms with E-state index in [4.69, 9.17) is 9.84 Å². The smallest absolute Gasteiger partial charge is 0.303 e. The van der Waals surface area contributed by atoms with Crippen molar-refractivity contribution in [2.45, 2.75) is 31.4 Å². The van der Waals surface area contributed by atoms with Gasteiger partial charge in [0.1, 0.15) is 0 Å². The van der Waals surface area contributed by atoms with Gasteiger partial charge in [-0.05, 0) is 24.0 Å². The van der Waals surface area contributed by atoms with Crippen LogP contribution in [-0.2, 0) is 20.7 Å². The fourth-order valence-corrected chi connectivity index (χ4v) is 2.72. The summed E-state index contributed by atoms with van der Waals surface area (Å²) in [6.07, 6.45) is 0.219. The van der Waals surface area contributed by atoms with E-state index >= 15 is 0 Å². The number of aliphatic carboxylic acids is 1. The number of hydrogen-bond donors (Lipinski definition) is 2. The number of hydrogen-bond acceptors (Lipinski definition) is 3. The van der Waals surface area contributed by atoms with E-state index in [0.717, 1.165) is 11.1 Å². The molecule has 0 aromatic heterocycles. The monoisotopic (exact) mass is 341 g/mol. The third-order valence-corrected chi connectivity index (χ3v) is 3.95. The molecule has 0 fully saturated rings. The molecule has 0 spiro atoms. The largest absolute Gasteiger partial charge is 0.481 e. The van der Waals surface area contributed by atoms with Crippen molar-refractivity contribution in [3.63, 3.8) is 0 Å². The fourth-order valence-electron chi connectivity index (χ4n) is 2.72. The maximum absolute atomic E-state index is 12.6. The zero-order chi connectivity index (χ0) is 18.1. The summed E-state index contributed by atoms with van der Waals surface area (Å²) in [5.74, 6) is -1.14. The minimum absolute atomic E-state index is 0.000760. The molecule has 2 unspecified atom stereocenters. The molecule has 2 rings (SSSR count). The van der Waals surface area contributed by atoms with Crippen LogP contribution in [0.15, 0.2) is 60.7 Å². The third-order valence-electron chi connectivity index (χ3n) is 3.95. The van der Waals surface area contributed by atoms with Crippen molar-refractivity contribution in [1.29, 1.82) is 0 Å². The van der Waals surface area contributed by atoms with Crippen LogP contribution < -0.4 is 5.32 Å². The average molecular weight is 341 g/mol. The molecule has 2 aromatic carbocycles. The number of methoxy groups -OCH3 is 1. The summed E-state index contributed by atoms with van der Waals surface area (Å²) in [5, 5.41) is 11.9. The van der Waals surface area contributed by atoms with Gasteiger partial charge in [0.05, 0.1) is 0 Å². The van der Waals surface area contributed by atoms with Gasteiger partial charge in [0.2, 0.25) is 0 Å². The van der Waals surface area contributed by atoms with Gasteiger partial charge in [0, 0.05) is 19.6 Å². The van der Waals surface area contributed by atoms with Gasteiger partial charge in [-0.1, -0.05) is 60.7 Å². The number of carboxylic acid groups (broad SMARTS) is 1. The van der Waals surface area contributed by atoms with Crippen molar-refractivity contribution in [2.75, 3.05) is 7.11 Å². The lowest BCUT2D eigenvalue weighted by molar-refractivity contribution is -0.138. The first-order valence-corrected chi connectivity index (χ1v) is 8.24. The number of benzene rings is 2. The molecular formula is C20H23NO4. The van der Waals surface area contributed by atoms with Crippen LogP contribution in [0.4, 0.5) is 0 Å². The molecule has 0 bridgehead atoms. The molecule has 1 amide bonds.